The highest BCUT2D eigenvalue weighted by atomic mass is 32.2. The lowest BCUT2D eigenvalue weighted by Crippen LogP contribution is -2.31. The Morgan fingerprint density at radius 3 is 2.46 bits per heavy atom. The van der Waals surface area contributed by atoms with E-state index in [1.165, 1.54) is 0 Å². The van der Waals surface area contributed by atoms with Crippen LogP contribution >= 0.6 is 11.8 Å². The Morgan fingerprint density at radius 1 is 1.00 bits per heavy atom. The standard InChI is InChI=1S/C32H34N4O2S/c1-22-6-5-7-24(16-22)27-18-31(37)36(3)29-13-12-26(17-28(27)29)32(38,30-20-34-21-35(30)2)25-10-8-23(9-11-25)19-33-14-15-39-4/h5-13,16-18,20-21,33,38H,14-15,19H2,1-4H3. The first-order valence-corrected chi connectivity index (χ1v) is 14.4. The van der Waals surface area contributed by atoms with Crippen LogP contribution in [0.25, 0.3) is 22.0 Å². The fourth-order valence-electron chi connectivity index (χ4n) is 5.18. The summed E-state index contributed by atoms with van der Waals surface area (Å²) in [6, 6.07) is 23.8. The Hall–Kier alpha value is -3.65. The zero-order valence-electron chi connectivity index (χ0n) is 22.8. The molecule has 0 aliphatic rings. The summed E-state index contributed by atoms with van der Waals surface area (Å²) in [6.45, 7) is 3.76. The van der Waals surface area contributed by atoms with Crippen molar-refractivity contribution >= 4 is 22.7 Å². The number of hydrogen-bond donors (Lipinski definition) is 2. The molecule has 5 aromatic rings. The predicted octanol–water partition coefficient (Wildman–Crippen LogP) is 4.98. The van der Waals surface area contributed by atoms with Crippen molar-refractivity contribution in [1.82, 2.24) is 19.4 Å². The van der Waals surface area contributed by atoms with Crippen LogP contribution in [-0.4, -0.2) is 37.8 Å². The third-order valence-electron chi connectivity index (χ3n) is 7.36. The lowest BCUT2D eigenvalue weighted by molar-refractivity contribution is 0.117. The summed E-state index contributed by atoms with van der Waals surface area (Å²) in [7, 11) is 3.67. The number of benzene rings is 3. The van der Waals surface area contributed by atoms with Gasteiger partial charge in [-0.05, 0) is 53.1 Å². The summed E-state index contributed by atoms with van der Waals surface area (Å²) in [5.41, 5.74) is 5.48. The molecule has 0 amide bonds. The van der Waals surface area contributed by atoms with Gasteiger partial charge in [-0.15, -0.1) is 0 Å². The van der Waals surface area contributed by atoms with E-state index in [0.717, 1.165) is 57.6 Å². The number of aliphatic hydroxyl groups is 1. The van der Waals surface area contributed by atoms with E-state index in [2.05, 4.69) is 34.8 Å². The normalized spacial score (nSPS) is 13.1. The molecule has 0 aliphatic heterocycles. The average molecular weight is 539 g/mol. The van der Waals surface area contributed by atoms with Gasteiger partial charge in [-0.2, -0.15) is 11.8 Å². The third kappa shape index (κ3) is 5.17. The second-order valence-corrected chi connectivity index (χ2v) is 11.0. The van der Waals surface area contributed by atoms with E-state index in [1.54, 1.807) is 30.2 Å². The molecule has 0 spiro atoms. The van der Waals surface area contributed by atoms with Crippen LogP contribution in [0.1, 0.15) is 27.9 Å². The number of hydrogen-bond acceptors (Lipinski definition) is 5. The second-order valence-electron chi connectivity index (χ2n) is 10.0. The van der Waals surface area contributed by atoms with E-state index >= 15 is 0 Å². The van der Waals surface area contributed by atoms with Gasteiger partial charge in [0.1, 0.15) is 0 Å². The highest BCUT2D eigenvalue weighted by Crippen LogP contribution is 2.39. The molecule has 0 radical (unpaired) electrons. The van der Waals surface area contributed by atoms with Crippen LogP contribution < -0.4 is 10.9 Å². The number of rotatable bonds is 9. The molecule has 0 fully saturated rings. The molecular formula is C32H34N4O2S. The number of aryl methyl sites for hydroxylation is 3. The summed E-state index contributed by atoms with van der Waals surface area (Å²) >= 11 is 1.82. The van der Waals surface area contributed by atoms with E-state index < -0.39 is 5.60 Å². The zero-order valence-corrected chi connectivity index (χ0v) is 23.6. The van der Waals surface area contributed by atoms with Gasteiger partial charge in [-0.25, -0.2) is 4.98 Å². The van der Waals surface area contributed by atoms with Gasteiger partial charge < -0.3 is 19.6 Å². The molecule has 2 heterocycles. The molecule has 0 saturated heterocycles. The van der Waals surface area contributed by atoms with Crippen LogP contribution in [0.5, 0.6) is 0 Å². The Kier molecular flexibility index (Phi) is 7.75. The fourth-order valence-corrected chi connectivity index (χ4v) is 5.52. The molecule has 2 N–H and O–H groups in total. The van der Waals surface area contributed by atoms with Gasteiger partial charge in [0.05, 0.1) is 23.7 Å². The Labute approximate surface area is 233 Å². The lowest BCUT2D eigenvalue weighted by atomic mass is 9.82. The molecule has 2 aromatic heterocycles. The van der Waals surface area contributed by atoms with Crippen LogP contribution in [0.3, 0.4) is 0 Å². The maximum atomic E-state index is 12.9. The van der Waals surface area contributed by atoms with Crippen LogP contribution in [0.4, 0.5) is 0 Å². The van der Waals surface area contributed by atoms with Crippen molar-refractivity contribution in [3.63, 3.8) is 0 Å². The first-order chi connectivity index (χ1) is 18.8. The van der Waals surface area contributed by atoms with E-state index in [0.29, 0.717) is 11.3 Å². The number of aromatic nitrogens is 3. The predicted molar refractivity (Wildman–Crippen MR) is 161 cm³/mol. The monoisotopic (exact) mass is 538 g/mol. The van der Waals surface area contributed by atoms with Crippen molar-refractivity contribution in [1.29, 1.82) is 0 Å². The SMILES string of the molecule is CSCCNCc1ccc(C(O)(c2ccc3c(c2)c(-c2cccc(C)c2)cc(=O)n3C)c2cncn2C)cc1. The fraction of sp³-hybridized carbons (Fsp3) is 0.250. The Bertz CT molecular complexity index is 1670. The van der Waals surface area contributed by atoms with Gasteiger partial charge in [-0.3, -0.25) is 4.79 Å². The zero-order chi connectivity index (χ0) is 27.6. The molecule has 1 unspecified atom stereocenters. The highest BCUT2D eigenvalue weighted by Gasteiger charge is 2.37. The van der Waals surface area contributed by atoms with Crippen molar-refractivity contribution in [2.75, 3.05) is 18.6 Å². The number of pyridine rings is 1. The molecule has 3 aromatic carbocycles. The summed E-state index contributed by atoms with van der Waals surface area (Å²) in [5.74, 6) is 1.07. The average Bonchev–Trinajstić information content (AvgIpc) is 3.39. The van der Waals surface area contributed by atoms with Crippen molar-refractivity contribution in [3.8, 4) is 11.1 Å². The largest absolute Gasteiger partial charge is 0.374 e. The number of imidazole rings is 1. The molecule has 6 nitrogen and oxygen atoms in total. The van der Waals surface area contributed by atoms with Gasteiger partial charge in [0.15, 0.2) is 5.60 Å². The Balaban J connectivity index is 1.67. The Morgan fingerprint density at radius 2 is 1.77 bits per heavy atom. The molecule has 1 atom stereocenters. The summed E-state index contributed by atoms with van der Waals surface area (Å²) < 4.78 is 3.50. The summed E-state index contributed by atoms with van der Waals surface area (Å²) in [5, 5.41) is 16.9. The number of thioether (sulfide) groups is 1. The minimum atomic E-state index is -1.46. The van der Waals surface area contributed by atoms with Crippen molar-refractivity contribution in [3.05, 3.63) is 124 Å². The van der Waals surface area contributed by atoms with E-state index in [9.17, 15) is 9.90 Å². The molecule has 0 saturated carbocycles. The first kappa shape index (κ1) is 26.9. The summed E-state index contributed by atoms with van der Waals surface area (Å²) in [6.07, 6.45) is 5.52. The second kappa shape index (κ2) is 11.2. The molecule has 7 heteroatoms. The quantitative estimate of drug-likeness (QED) is 0.259. The maximum Gasteiger partial charge on any atom is 0.251 e. The molecule has 0 bridgehead atoms. The first-order valence-electron chi connectivity index (χ1n) is 13.0. The number of nitrogens with zero attached hydrogens (tertiary/aromatic N) is 3. The molecule has 200 valence electrons. The topological polar surface area (TPSA) is 72.1 Å². The van der Waals surface area contributed by atoms with Crippen LogP contribution in [0.2, 0.25) is 0 Å². The van der Waals surface area contributed by atoms with Crippen molar-refractivity contribution in [2.45, 2.75) is 19.1 Å². The molecule has 5 rings (SSSR count). The van der Waals surface area contributed by atoms with Gasteiger partial charge >= 0.3 is 0 Å². The van der Waals surface area contributed by atoms with Gasteiger partial charge in [0.25, 0.3) is 5.56 Å². The molecule has 0 aliphatic carbocycles. The third-order valence-corrected chi connectivity index (χ3v) is 7.98. The molecular weight excluding hydrogens is 504 g/mol. The minimum Gasteiger partial charge on any atom is -0.374 e. The van der Waals surface area contributed by atoms with E-state index in [4.69, 9.17) is 0 Å². The summed E-state index contributed by atoms with van der Waals surface area (Å²) in [4.78, 5) is 17.2. The van der Waals surface area contributed by atoms with Crippen molar-refractivity contribution in [2.24, 2.45) is 14.1 Å². The van der Waals surface area contributed by atoms with Crippen LogP contribution in [0, 0.1) is 6.92 Å². The minimum absolute atomic E-state index is 0.0737. The van der Waals surface area contributed by atoms with Crippen molar-refractivity contribution < 1.29 is 5.11 Å². The molecule has 39 heavy (non-hydrogen) atoms. The number of nitrogens with one attached hydrogen (secondary N) is 1. The van der Waals surface area contributed by atoms with E-state index in [1.807, 2.05) is 78.8 Å². The van der Waals surface area contributed by atoms with Crippen LogP contribution in [-0.2, 0) is 26.2 Å². The van der Waals surface area contributed by atoms with E-state index in [-0.39, 0.29) is 5.56 Å². The highest BCUT2D eigenvalue weighted by molar-refractivity contribution is 7.98. The smallest absolute Gasteiger partial charge is 0.251 e. The van der Waals surface area contributed by atoms with Crippen LogP contribution in [0.15, 0.2) is 90.1 Å². The van der Waals surface area contributed by atoms with Gasteiger partial charge in [0, 0.05) is 44.4 Å². The lowest BCUT2D eigenvalue weighted by Gasteiger charge is -2.30. The number of fused-ring (bicyclic) bond motifs is 1. The van der Waals surface area contributed by atoms with Gasteiger partial charge in [-0.1, -0.05) is 60.2 Å². The van der Waals surface area contributed by atoms with Gasteiger partial charge in [0.2, 0.25) is 0 Å². The maximum absolute atomic E-state index is 12.9.